The van der Waals surface area contributed by atoms with E-state index in [2.05, 4.69) is 5.10 Å². The lowest BCUT2D eigenvalue weighted by molar-refractivity contribution is -0.0594. The summed E-state index contributed by atoms with van der Waals surface area (Å²) in [6.07, 6.45) is -4.45. The van der Waals surface area contributed by atoms with Gasteiger partial charge in [-0.2, -0.15) is 0 Å². The number of halogens is 1. The third-order valence-corrected chi connectivity index (χ3v) is 5.30. The highest BCUT2D eigenvalue weighted by Gasteiger charge is 2.44. The average molecular weight is 420 g/mol. The third-order valence-electron chi connectivity index (χ3n) is 4.68. The van der Waals surface area contributed by atoms with Gasteiger partial charge in [-0.15, -0.1) is 5.10 Å². The molecule has 1 aromatic heterocycles. The summed E-state index contributed by atoms with van der Waals surface area (Å²) in [5.41, 5.74) is 1.56. The maximum Gasteiger partial charge on any atom is 0.205 e. The molecule has 4 rings (SSSR count). The number of para-hydroxylation sites is 1. The smallest absolute Gasteiger partial charge is 0.205 e. The fourth-order valence-corrected chi connectivity index (χ4v) is 3.69. The molecule has 28 heavy (non-hydrogen) atoms. The molecule has 2 heterocycles. The normalized spacial score (nSPS) is 24.6. The van der Waals surface area contributed by atoms with Crippen molar-refractivity contribution in [1.29, 1.82) is 0 Å². The van der Waals surface area contributed by atoms with E-state index in [9.17, 15) is 15.3 Å². The fourth-order valence-electron chi connectivity index (χ4n) is 3.23. The lowest BCUT2D eigenvalue weighted by atomic mass is 10.1. The molecule has 0 saturated carbocycles. The van der Waals surface area contributed by atoms with Crippen molar-refractivity contribution in [3.05, 3.63) is 64.4 Å². The van der Waals surface area contributed by atoms with Crippen LogP contribution in [0.4, 0.5) is 0 Å². The zero-order valence-corrected chi connectivity index (χ0v) is 16.2. The molecule has 7 nitrogen and oxygen atoms in total. The number of nitrogens with zero attached hydrogens (tertiary/aromatic N) is 3. The van der Waals surface area contributed by atoms with Gasteiger partial charge in [0, 0.05) is 16.3 Å². The number of aliphatic hydroxyl groups excluding tert-OH is 3. The van der Waals surface area contributed by atoms with Crippen LogP contribution in [0.5, 0.6) is 0 Å². The van der Waals surface area contributed by atoms with Gasteiger partial charge in [0.25, 0.3) is 0 Å². The Morgan fingerprint density at radius 2 is 1.71 bits per heavy atom. The summed E-state index contributed by atoms with van der Waals surface area (Å²) >= 11 is 11.6. The number of benzene rings is 2. The largest absolute Gasteiger partial charge is 0.394 e. The molecule has 1 aliphatic rings. The van der Waals surface area contributed by atoms with E-state index in [0.29, 0.717) is 10.8 Å². The SMILES string of the molecule is OC[C@H]1O[C@@H](n2nc(-c3ccc(Cl)cc3)n(-c3ccccc3)c2=S)[C@H](O)[C@@H]1O. The van der Waals surface area contributed by atoms with Gasteiger partial charge in [-0.1, -0.05) is 29.8 Å². The number of hydrogen-bond donors (Lipinski definition) is 3. The number of aliphatic hydroxyl groups is 3. The molecule has 9 heteroatoms. The molecule has 0 bridgehead atoms. The van der Waals surface area contributed by atoms with E-state index in [1.54, 1.807) is 16.7 Å². The number of aromatic nitrogens is 3. The Hall–Kier alpha value is -2.07. The zero-order valence-electron chi connectivity index (χ0n) is 14.6. The van der Waals surface area contributed by atoms with Crippen LogP contribution >= 0.6 is 23.8 Å². The van der Waals surface area contributed by atoms with Gasteiger partial charge in [0.05, 0.1) is 6.61 Å². The second-order valence-electron chi connectivity index (χ2n) is 6.46. The van der Waals surface area contributed by atoms with E-state index >= 15 is 0 Å². The molecule has 1 fully saturated rings. The van der Waals surface area contributed by atoms with Gasteiger partial charge in [-0.25, -0.2) is 4.68 Å². The number of hydrogen-bond acceptors (Lipinski definition) is 6. The van der Waals surface area contributed by atoms with E-state index in [0.717, 1.165) is 11.3 Å². The molecule has 3 N–H and O–H groups in total. The van der Waals surface area contributed by atoms with Crippen molar-refractivity contribution in [3.8, 4) is 17.1 Å². The van der Waals surface area contributed by atoms with Crippen LogP contribution in [0, 0.1) is 4.77 Å². The van der Waals surface area contributed by atoms with E-state index in [1.807, 2.05) is 42.5 Å². The van der Waals surface area contributed by atoms with Crippen molar-refractivity contribution in [2.75, 3.05) is 6.61 Å². The molecular weight excluding hydrogens is 402 g/mol. The van der Waals surface area contributed by atoms with Crippen LogP contribution in [0.2, 0.25) is 5.02 Å². The summed E-state index contributed by atoms with van der Waals surface area (Å²) in [6.45, 7) is -0.425. The molecule has 0 radical (unpaired) electrons. The first-order chi connectivity index (χ1) is 13.5. The monoisotopic (exact) mass is 419 g/mol. The number of rotatable bonds is 4. The fraction of sp³-hybridized carbons (Fsp3) is 0.263. The molecule has 3 aromatic rings. The Balaban J connectivity index is 1.88. The van der Waals surface area contributed by atoms with Crippen molar-refractivity contribution >= 4 is 23.8 Å². The minimum absolute atomic E-state index is 0.283. The minimum atomic E-state index is -1.28. The quantitative estimate of drug-likeness (QED) is 0.562. The molecule has 2 aromatic carbocycles. The number of ether oxygens (including phenoxy) is 1. The van der Waals surface area contributed by atoms with Crippen molar-refractivity contribution < 1.29 is 20.1 Å². The second-order valence-corrected chi connectivity index (χ2v) is 7.26. The Bertz CT molecular complexity index is 1020. The van der Waals surface area contributed by atoms with Crippen LogP contribution in [-0.4, -0.2) is 54.6 Å². The molecule has 0 amide bonds. The summed E-state index contributed by atoms with van der Waals surface area (Å²) in [5, 5.41) is 35.0. The third kappa shape index (κ3) is 3.28. The molecule has 0 unspecified atom stereocenters. The Morgan fingerprint density at radius 1 is 1.04 bits per heavy atom. The Kier molecular flexibility index (Phi) is 5.33. The van der Waals surface area contributed by atoms with Crippen LogP contribution < -0.4 is 0 Å². The molecule has 1 saturated heterocycles. The highest BCUT2D eigenvalue weighted by molar-refractivity contribution is 7.71. The summed E-state index contributed by atoms with van der Waals surface area (Å²) in [6, 6.07) is 16.6. The van der Waals surface area contributed by atoms with Gasteiger partial charge >= 0.3 is 0 Å². The average Bonchev–Trinajstić information content (AvgIpc) is 3.20. The van der Waals surface area contributed by atoms with Crippen LogP contribution in [0.25, 0.3) is 17.1 Å². The van der Waals surface area contributed by atoms with Crippen LogP contribution in [0.15, 0.2) is 54.6 Å². The van der Waals surface area contributed by atoms with Crippen LogP contribution in [0.3, 0.4) is 0 Å². The van der Waals surface area contributed by atoms with Crippen molar-refractivity contribution in [3.63, 3.8) is 0 Å². The molecule has 0 aliphatic carbocycles. The zero-order chi connectivity index (χ0) is 19.8. The van der Waals surface area contributed by atoms with E-state index in [4.69, 9.17) is 28.6 Å². The van der Waals surface area contributed by atoms with Crippen molar-refractivity contribution in [2.24, 2.45) is 0 Å². The van der Waals surface area contributed by atoms with Crippen LogP contribution in [-0.2, 0) is 4.74 Å². The molecule has 0 spiro atoms. The van der Waals surface area contributed by atoms with E-state index in [-0.39, 0.29) is 4.77 Å². The van der Waals surface area contributed by atoms with E-state index in [1.165, 1.54) is 4.68 Å². The second kappa shape index (κ2) is 7.75. The standard InChI is InChI=1S/C19H18ClN3O4S/c20-12-8-6-11(7-9-12)17-21-23(18-16(26)15(25)14(10-24)27-18)19(28)22(17)13-4-2-1-3-5-13/h1-9,14-16,18,24-26H,10H2/t14-,15-,16-,18-/m1/s1. The van der Waals surface area contributed by atoms with Crippen LogP contribution in [0.1, 0.15) is 6.23 Å². The Labute approximate surface area is 171 Å². The predicted molar refractivity (Wildman–Crippen MR) is 106 cm³/mol. The first kappa shape index (κ1) is 19.3. The van der Waals surface area contributed by atoms with Gasteiger partial charge in [0.1, 0.15) is 18.3 Å². The molecule has 1 aliphatic heterocycles. The lowest BCUT2D eigenvalue weighted by Crippen LogP contribution is -2.33. The highest BCUT2D eigenvalue weighted by atomic mass is 35.5. The first-order valence-corrected chi connectivity index (χ1v) is 9.45. The minimum Gasteiger partial charge on any atom is -0.394 e. The predicted octanol–water partition coefficient (Wildman–Crippen LogP) is 2.34. The van der Waals surface area contributed by atoms with Gasteiger partial charge < -0.3 is 20.1 Å². The highest BCUT2D eigenvalue weighted by Crippen LogP contribution is 2.32. The summed E-state index contributed by atoms with van der Waals surface area (Å²) in [5.74, 6) is 0.533. The van der Waals surface area contributed by atoms with E-state index < -0.39 is 31.1 Å². The maximum atomic E-state index is 10.4. The Morgan fingerprint density at radius 3 is 2.32 bits per heavy atom. The molecule has 4 atom stereocenters. The van der Waals surface area contributed by atoms with Gasteiger partial charge in [0.15, 0.2) is 12.1 Å². The van der Waals surface area contributed by atoms with Gasteiger partial charge in [-0.3, -0.25) is 4.57 Å². The van der Waals surface area contributed by atoms with Crippen molar-refractivity contribution in [2.45, 2.75) is 24.5 Å². The van der Waals surface area contributed by atoms with Gasteiger partial charge in [-0.05, 0) is 48.6 Å². The summed E-state index contributed by atoms with van der Waals surface area (Å²) < 4.78 is 9.01. The summed E-state index contributed by atoms with van der Waals surface area (Å²) in [4.78, 5) is 0. The summed E-state index contributed by atoms with van der Waals surface area (Å²) in [7, 11) is 0. The molecule has 146 valence electrons. The maximum absolute atomic E-state index is 10.4. The van der Waals surface area contributed by atoms with Gasteiger partial charge in [0.2, 0.25) is 4.77 Å². The molecular formula is C19H18ClN3O4S. The first-order valence-electron chi connectivity index (χ1n) is 8.66. The topological polar surface area (TPSA) is 92.7 Å². The lowest BCUT2D eigenvalue weighted by Gasteiger charge is -2.14. The van der Waals surface area contributed by atoms with Crippen molar-refractivity contribution in [1.82, 2.24) is 14.3 Å².